The number of aryl methyl sites for hydroxylation is 3. The largest absolute Gasteiger partial charge is 0.379 e. The van der Waals surface area contributed by atoms with E-state index in [9.17, 15) is 21.4 Å². The Morgan fingerprint density at radius 1 is 0.737 bits per heavy atom. The first-order chi connectivity index (χ1) is 18.0. The van der Waals surface area contributed by atoms with Crippen molar-refractivity contribution in [3.05, 3.63) is 125 Å². The highest BCUT2D eigenvalue weighted by atomic mass is 32.2. The average Bonchev–Trinajstić information content (AvgIpc) is 2.88. The molecule has 1 unspecified atom stereocenters. The Kier molecular flexibility index (Phi) is 8.35. The summed E-state index contributed by atoms with van der Waals surface area (Å²) >= 11 is 0. The normalized spacial score (nSPS) is 12.7. The summed E-state index contributed by atoms with van der Waals surface area (Å²) in [7, 11) is -8.27. The summed E-state index contributed by atoms with van der Waals surface area (Å²) in [6, 6.07) is 28.1. The van der Waals surface area contributed by atoms with E-state index in [2.05, 4.69) is 0 Å². The van der Waals surface area contributed by atoms with Crippen LogP contribution in [0.2, 0.25) is 0 Å². The maximum atomic E-state index is 13.1. The highest BCUT2D eigenvalue weighted by Gasteiger charge is 2.23. The molecule has 0 radical (unpaired) electrons. The summed E-state index contributed by atoms with van der Waals surface area (Å²) in [6.07, 6.45) is 2.14. The molecule has 1 N–H and O–H groups in total. The van der Waals surface area contributed by atoms with Crippen LogP contribution in [0.15, 0.2) is 107 Å². The first kappa shape index (κ1) is 27.6. The molecule has 0 saturated carbocycles. The second-order valence-corrected chi connectivity index (χ2v) is 12.3. The third-order valence-corrected chi connectivity index (χ3v) is 8.55. The van der Waals surface area contributed by atoms with E-state index in [-0.39, 0.29) is 15.7 Å². The van der Waals surface area contributed by atoms with Crippen molar-refractivity contribution >= 4 is 20.2 Å². The molecule has 8 heteroatoms. The van der Waals surface area contributed by atoms with E-state index in [4.69, 9.17) is 4.18 Å². The Hall–Kier alpha value is -3.46. The molecule has 4 rings (SSSR count). The molecule has 0 heterocycles. The topological polar surface area (TPSA) is 97.7 Å². The molecule has 0 bridgehead atoms. The van der Waals surface area contributed by atoms with Gasteiger partial charge >= 0.3 is 10.1 Å². The van der Waals surface area contributed by atoms with Crippen LogP contribution in [0.25, 0.3) is 0 Å². The van der Waals surface area contributed by atoms with E-state index in [1.54, 1.807) is 42.5 Å². The molecule has 0 aliphatic heterocycles. The lowest BCUT2D eigenvalue weighted by molar-refractivity contribution is 0.478. The molecule has 38 heavy (non-hydrogen) atoms. The quantitative estimate of drug-likeness (QED) is 0.179. The van der Waals surface area contributed by atoms with Crippen LogP contribution in [0.4, 0.5) is 0 Å². The number of benzene rings is 4. The van der Waals surface area contributed by atoms with Crippen molar-refractivity contribution in [2.24, 2.45) is 0 Å². The highest BCUT2D eigenvalue weighted by molar-refractivity contribution is 7.87. The molecule has 0 amide bonds. The Morgan fingerprint density at radius 2 is 1.34 bits per heavy atom. The van der Waals surface area contributed by atoms with Crippen LogP contribution in [0.5, 0.6) is 5.75 Å². The summed E-state index contributed by atoms with van der Waals surface area (Å²) in [5.41, 5.74) is 4.71. The first-order valence-electron chi connectivity index (χ1n) is 12.3. The van der Waals surface area contributed by atoms with Crippen molar-refractivity contribution in [1.82, 2.24) is 0 Å². The maximum absolute atomic E-state index is 13.1. The number of hydrogen-bond acceptors (Lipinski definition) is 5. The Bertz CT molecular complexity index is 1590. The van der Waals surface area contributed by atoms with Crippen molar-refractivity contribution in [3.63, 3.8) is 0 Å². The third kappa shape index (κ3) is 6.89. The molecular weight excluding hydrogens is 520 g/mol. The molecule has 0 spiro atoms. The summed E-state index contributed by atoms with van der Waals surface area (Å²) in [5, 5.41) is 0. The van der Waals surface area contributed by atoms with Gasteiger partial charge in [-0.25, -0.2) is 0 Å². The van der Waals surface area contributed by atoms with Gasteiger partial charge in [-0.1, -0.05) is 77.9 Å². The van der Waals surface area contributed by atoms with E-state index in [0.717, 1.165) is 34.2 Å². The summed E-state index contributed by atoms with van der Waals surface area (Å²) in [5.74, 6) is 0.166. The molecule has 0 aromatic heterocycles. The lowest BCUT2D eigenvalue weighted by Crippen LogP contribution is -2.13. The van der Waals surface area contributed by atoms with Crippen LogP contribution in [-0.2, 0) is 26.7 Å². The predicted octanol–water partition coefficient (Wildman–Crippen LogP) is 6.47. The van der Waals surface area contributed by atoms with Crippen molar-refractivity contribution in [2.75, 3.05) is 0 Å². The van der Waals surface area contributed by atoms with Crippen LogP contribution in [0.1, 0.15) is 46.6 Å². The SMILES string of the molecule is Cc1ccc(S(=O)(=O)Oc2ccc(C)cc2C(CCCc2ccc(S(=O)(=O)O)cc2)c2ccccc2)cc1. The zero-order valence-corrected chi connectivity index (χ0v) is 22.9. The van der Waals surface area contributed by atoms with E-state index >= 15 is 0 Å². The van der Waals surface area contributed by atoms with Gasteiger partial charge in [0, 0.05) is 11.5 Å². The molecular formula is C30H30O6S2. The van der Waals surface area contributed by atoms with E-state index in [0.29, 0.717) is 18.6 Å². The van der Waals surface area contributed by atoms with Crippen LogP contribution in [0, 0.1) is 13.8 Å². The van der Waals surface area contributed by atoms with Crippen LogP contribution < -0.4 is 4.18 Å². The fourth-order valence-electron chi connectivity index (χ4n) is 4.41. The molecule has 198 valence electrons. The zero-order chi connectivity index (χ0) is 27.3. The van der Waals surface area contributed by atoms with Crippen molar-refractivity contribution in [2.45, 2.75) is 48.8 Å². The number of rotatable bonds is 10. The van der Waals surface area contributed by atoms with Gasteiger partial charge in [0.2, 0.25) is 0 Å². The van der Waals surface area contributed by atoms with Crippen molar-refractivity contribution < 1.29 is 25.6 Å². The summed E-state index contributed by atoms with van der Waals surface area (Å²) in [4.78, 5) is -0.0426. The monoisotopic (exact) mass is 550 g/mol. The van der Waals surface area contributed by atoms with Gasteiger partial charge < -0.3 is 4.18 Å². The van der Waals surface area contributed by atoms with Gasteiger partial charge in [0.25, 0.3) is 10.1 Å². The van der Waals surface area contributed by atoms with Gasteiger partial charge in [-0.3, -0.25) is 4.55 Å². The third-order valence-electron chi connectivity index (χ3n) is 6.43. The van der Waals surface area contributed by atoms with E-state index in [1.165, 1.54) is 12.1 Å². The zero-order valence-electron chi connectivity index (χ0n) is 21.2. The summed E-state index contributed by atoms with van der Waals surface area (Å²) < 4.78 is 63.8. The van der Waals surface area contributed by atoms with Gasteiger partial charge in [0.1, 0.15) is 10.6 Å². The lowest BCUT2D eigenvalue weighted by atomic mass is 9.85. The van der Waals surface area contributed by atoms with Crippen LogP contribution in [-0.4, -0.2) is 21.4 Å². The minimum absolute atomic E-state index is 0.0965. The fraction of sp³-hybridized carbons (Fsp3) is 0.200. The first-order valence-corrected chi connectivity index (χ1v) is 15.1. The van der Waals surface area contributed by atoms with Gasteiger partial charge in [0.15, 0.2) is 0 Å². The second kappa shape index (κ2) is 11.5. The lowest BCUT2D eigenvalue weighted by Gasteiger charge is -2.22. The Morgan fingerprint density at radius 3 is 1.97 bits per heavy atom. The molecule has 0 aliphatic carbocycles. The van der Waals surface area contributed by atoms with E-state index < -0.39 is 20.2 Å². The van der Waals surface area contributed by atoms with Gasteiger partial charge in [-0.05, 0) is 74.6 Å². The smallest absolute Gasteiger partial charge is 0.339 e. The number of hydrogen-bond donors (Lipinski definition) is 1. The van der Waals surface area contributed by atoms with Crippen molar-refractivity contribution in [3.8, 4) is 5.75 Å². The molecule has 6 nitrogen and oxygen atoms in total. The fourth-order valence-corrected chi connectivity index (χ4v) is 5.85. The molecule has 4 aromatic carbocycles. The Labute approximate surface area is 224 Å². The minimum Gasteiger partial charge on any atom is -0.379 e. The van der Waals surface area contributed by atoms with Crippen molar-refractivity contribution in [1.29, 1.82) is 0 Å². The highest BCUT2D eigenvalue weighted by Crippen LogP contribution is 2.37. The second-order valence-electron chi connectivity index (χ2n) is 9.37. The molecule has 1 atom stereocenters. The average molecular weight is 551 g/mol. The predicted molar refractivity (Wildman–Crippen MR) is 148 cm³/mol. The minimum atomic E-state index is -4.23. The molecule has 0 aliphatic rings. The standard InChI is InChI=1S/C30H30O6S2/c1-22-11-16-27(17-12-22)38(34,35)36-30-20-13-23(2)21-29(30)28(25-8-4-3-5-9-25)10-6-7-24-14-18-26(19-15-24)37(31,32)33/h3-5,8-9,11-21,28H,6-7,10H2,1-2H3,(H,31,32,33). The molecule has 0 saturated heterocycles. The summed E-state index contributed by atoms with van der Waals surface area (Å²) in [6.45, 7) is 3.85. The van der Waals surface area contributed by atoms with Gasteiger partial charge in [-0.2, -0.15) is 16.8 Å². The van der Waals surface area contributed by atoms with Crippen LogP contribution >= 0.6 is 0 Å². The van der Waals surface area contributed by atoms with Gasteiger partial charge in [-0.15, -0.1) is 0 Å². The molecule has 0 fully saturated rings. The van der Waals surface area contributed by atoms with Gasteiger partial charge in [0.05, 0.1) is 4.90 Å². The molecule has 4 aromatic rings. The Balaban J connectivity index is 1.62. The van der Waals surface area contributed by atoms with Crippen LogP contribution in [0.3, 0.4) is 0 Å². The maximum Gasteiger partial charge on any atom is 0.339 e. The van der Waals surface area contributed by atoms with E-state index in [1.807, 2.05) is 56.3 Å².